The van der Waals surface area contributed by atoms with Crippen LogP contribution in [0.5, 0.6) is 0 Å². The maximum Gasteiger partial charge on any atom is 0.372 e. The van der Waals surface area contributed by atoms with E-state index in [2.05, 4.69) is 25.1 Å². The largest absolute Gasteiger partial charge is 0.372 e. The van der Waals surface area contributed by atoms with Gasteiger partial charge in [0, 0.05) is 18.3 Å². The fourth-order valence-electron chi connectivity index (χ4n) is 2.57. The van der Waals surface area contributed by atoms with Gasteiger partial charge in [-0.1, -0.05) is 11.3 Å². The van der Waals surface area contributed by atoms with Crippen molar-refractivity contribution in [1.29, 1.82) is 0 Å². The van der Waals surface area contributed by atoms with E-state index in [1.54, 1.807) is 11.6 Å². The van der Waals surface area contributed by atoms with E-state index in [1.807, 2.05) is 0 Å². The molecule has 0 amide bonds. The average Bonchev–Trinajstić information content (AvgIpc) is 3.16. The number of aryl methyl sites for hydroxylation is 1. The predicted molar refractivity (Wildman–Crippen MR) is 75.4 cm³/mol. The van der Waals surface area contributed by atoms with Crippen LogP contribution < -0.4 is 5.32 Å². The Labute approximate surface area is 122 Å². The van der Waals surface area contributed by atoms with Crippen LogP contribution in [0.3, 0.4) is 0 Å². The van der Waals surface area contributed by atoms with E-state index in [0.29, 0.717) is 11.5 Å². The summed E-state index contributed by atoms with van der Waals surface area (Å²) in [6.45, 7) is 1.28. The molecule has 0 saturated heterocycles. The number of hydrogen-bond donors (Lipinski definition) is 1. The highest BCUT2D eigenvalue weighted by molar-refractivity contribution is 7.15. The zero-order valence-electron chi connectivity index (χ0n) is 10.9. The molecule has 0 saturated carbocycles. The van der Waals surface area contributed by atoms with Gasteiger partial charge >= 0.3 is 5.82 Å². The molecule has 21 heavy (non-hydrogen) atoms. The van der Waals surface area contributed by atoms with Crippen LogP contribution in [0.25, 0.3) is 4.96 Å². The van der Waals surface area contributed by atoms with Gasteiger partial charge in [-0.15, -0.1) is 10.2 Å². The van der Waals surface area contributed by atoms with Gasteiger partial charge in [0.05, 0.1) is 6.54 Å². The fraction of sp³-hybridized carbons (Fsp3) is 0.364. The van der Waals surface area contributed by atoms with Crippen molar-refractivity contribution in [2.24, 2.45) is 0 Å². The second-order valence-corrected chi connectivity index (χ2v) is 5.61. The Morgan fingerprint density at radius 3 is 3.24 bits per heavy atom. The first-order valence-electron chi connectivity index (χ1n) is 6.49. The Kier molecular flexibility index (Phi) is 2.64. The Morgan fingerprint density at radius 1 is 1.48 bits per heavy atom. The number of nitrogens with one attached hydrogen (secondary N) is 1. The standard InChI is InChI=1S/C11H11N7O2S/c19-18(20)10-9(13-11-17(10)4-5-21-11)12-6-8-15-14-7-2-1-3-16(7)8/h4-5,12H,1-3,6H2. The number of fused-ring (bicyclic) bond motifs is 2. The molecule has 0 unspecified atom stereocenters. The van der Waals surface area contributed by atoms with E-state index in [4.69, 9.17) is 0 Å². The van der Waals surface area contributed by atoms with Crippen molar-refractivity contribution in [2.45, 2.75) is 25.9 Å². The number of anilines is 1. The van der Waals surface area contributed by atoms with E-state index in [0.717, 1.165) is 31.0 Å². The highest BCUT2D eigenvalue weighted by atomic mass is 32.1. The summed E-state index contributed by atoms with van der Waals surface area (Å²) in [6, 6.07) is 0. The molecule has 0 aromatic carbocycles. The Balaban J connectivity index is 1.63. The molecule has 0 spiro atoms. The van der Waals surface area contributed by atoms with Crippen LogP contribution in [0.15, 0.2) is 11.6 Å². The minimum atomic E-state index is -0.427. The SMILES string of the molecule is O=[N+]([O-])c1c(NCc2nnc3n2CCC3)nc2sccn12. The van der Waals surface area contributed by atoms with Gasteiger partial charge < -0.3 is 20.0 Å². The molecule has 108 valence electrons. The molecule has 10 heteroatoms. The maximum absolute atomic E-state index is 11.2. The molecular formula is C11H11N7O2S. The molecule has 1 aliphatic heterocycles. The van der Waals surface area contributed by atoms with Gasteiger partial charge in [0.1, 0.15) is 12.0 Å². The zero-order chi connectivity index (χ0) is 14.4. The summed E-state index contributed by atoms with van der Waals surface area (Å²) in [5, 5.41) is 24.2. The molecule has 4 rings (SSSR count). The Morgan fingerprint density at radius 2 is 2.38 bits per heavy atom. The van der Waals surface area contributed by atoms with Crippen molar-refractivity contribution in [2.75, 3.05) is 5.32 Å². The molecule has 3 aromatic rings. The van der Waals surface area contributed by atoms with Crippen LogP contribution in [0.2, 0.25) is 0 Å². The van der Waals surface area contributed by atoms with E-state index in [-0.39, 0.29) is 11.6 Å². The molecular weight excluding hydrogens is 294 g/mol. The zero-order valence-corrected chi connectivity index (χ0v) is 11.7. The van der Waals surface area contributed by atoms with Crippen LogP contribution in [0.1, 0.15) is 18.1 Å². The van der Waals surface area contributed by atoms with Crippen LogP contribution in [0, 0.1) is 10.1 Å². The minimum absolute atomic E-state index is 0.0487. The lowest BCUT2D eigenvalue weighted by Gasteiger charge is -2.04. The second kappa shape index (κ2) is 4.52. The van der Waals surface area contributed by atoms with Gasteiger partial charge in [0.15, 0.2) is 5.82 Å². The molecule has 0 fully saturated rings. The van der Waals surface area contributed by atoms with Crippen LogP contribution in [-0.4, -0.2) is 29.1 Å². The highest BCUT2D eigenvalue weighted by Crippen LogP contribution is 2.28. The molecule has 1 aliphatic rings. The van der Waals surface area contributed by atoms with Crippen molar-refractivity contribution in [3.05, 3.63) is 33.3 Å². The van der Waals surface area contributed by atoms with Gasteiger partial charge in [-0.3, -0.25) is 0 Å². The lowest BCUT2D eigenvalue weighted by molar-refractivity contribution is -0.389. The summed E-state index contributed by atoms with van der Waals surface area (Å²) in [7, 11) is 0. The molecule has 3 aromatic heterocycles. The van der Waals surface area contributed by atoms with Crippen molar-refractivity contribution >= 4 is 27.9 Å². The summed E-state index contributed by atoms with van der Waals surface area (Å²) < 4.78 is 3.53. The molecule has 0 aliphatic carbocycles. The molecule has 0 bridgehead atoms. The Bertz CT molecular complexity index is 833. The number of nitrogens with zero attached hydrogens (tertiary/aromatic N) is 6. The van der Waals surface area contributed by atoms with E-state index < -0.39 is 4.92 Å². The maximum atomic E-state index is 11.2. The van der Waals surface area contributed by atoms with E-state index >= 15 is 0 Å². The summed E-state index contributed by atoms with van der Waals surface area (Å²) in [5.74, 6) is 1.98. The first kappa shape index (κ1) is 12.3. The lowest BCUT2D eigenvalue weighted by atomic mass is 10.4. The third kappa shape index (κ3) is 1.87. The number of rotatable bonds is 4. The van der Waals surface area contributed by atoms with Crippen molar-refractivity contribution < 1.29 is 4.92 Å². The van der Waals surface area contributed by atoms with Crippen LogP contribution >= 0.6 is 11.3 Å². The highest BCUT2D eigenvalue weighted by Gasteiger charge is 2.24. The topological polar surface area (TPSA) is 103 Å². The third-order valence-electron chi connectivity index (χ3n) is 3.51. The second-order valence-electron chi connectivity index (χ2n) is 4.74. The van der Waals surface area contributed by atoms with Crippen LogP contribution in [-0.2, 0) is 19.5 Å². The predicted octanol–water partition coefficient (Wildman–Crippen LogP) is 1.45. The number of aromatic nitrogens is 5. The number of thiazole rings is 1. The van der Waals surface area contributed by atoms with Crippen molar-refractivity contribution in [3.8, 4) is 0 Å². The summed E-state index contributed by atoms with van der Waals surface area (Å²) in [6.07, 6.45) is 3.65. The fourth-order valence-corrected chi connectivity index (χ4v) is 3.28. The molecule has 1 N–H and O–H groups in total. The normalized spacial score (nSPS) is 13.7. The van der Waals surface area contributed by atoms with Crippen molar-refractivity contribution in [3.63, 3.8) is 0 Å². The number of imidazole rings is 1. The van der Waals surface area contributed by atoms with E-state index in [1.165, 1.54) is 15.7 Å². The molecule has 9 nitrogen and oxygen atoms in total. The number of hydrogen-bond acceptors (Lipinski definition) is 7. The summed E-state index contributed by atoms with van der Waals surface area (Å²) >= 11 is 1.36. The minimum Gasteiger partial charge on any atom is -0.358 e. The van der Waals surface area contributed by atoms with Gasteiger partial charge in [0.2, 0.25) is 5.82 Å². The van der Waals surface area contributed by atoms with E-state index in [9.17, 15) is 10.1 Å². The van der Waals surface area contributed by atoms with Crippen molar-refractivity contribution in [1.82, 2.24) is 24.1 Å². The molecule has 0 radical (unpaired) electrons. The van der Waals surface area contributed by atoms with Crippen LogP contribution in [0.4, 0.5) is 11.6 Å². The monoisotopic (exact) mass is 305 g/mol. The smallest absolute Gasteiger partial charge is 0.358 e. The first-order chi connectivity index (χ1) is 10.2. The molecule has 4 heterocycles. The Hall–Kier alpha value is -2.49. The third-order valence-corrected chi connectivity index (χ3v) is 4.27. The van der Waals surface area contributed by atoms with Gasteiger partial charge in [0.25, 0.3) is 4.96 Å². The lowest BCUT2D eigenvalue weighted by Crippen LogP contribution is -2.09. The van der Waals surface area contributed by atoms with Gasteiger partial charge in [-0.2, -0.15) is 9.38 Å². The molecule has 0 atom stereocenters. The summed E-state index contributed by atoms with van der Waals surface area (Å²) in [4.78, 5) is 15.6. The quantitative estimate of drug-likeness (QED) is 0.578. The first-order valence-corrected chi connectivity index (χ1v) is 7.37. The summed E-state index contributed by atoms with van der Waals surface area (Å²) in [5.41, 5.74) is 0. The number of nitro groups is 1. The average molecular weight is 305 g/mol. The van der Waals surface area contributed by atoms with Gasteiger partial charge in [-0.25, -0.2) is 0 Å². The van der Waals surface area contributed by atoms with Gasteiger partial charge in [-0.05, 0) is 11.3 Å².